The molecule has 14 heteroatoms. The van der Waals surface area contributed by atoms with Crippen molar-refractivity contribution < 1.29 is 31.5 Å². The largest absolute Gasteiger partial charge is 0.472 e. The van der Waals surface area contributed by atoms with E-state index < -0.39 is 64.8 Å². The normalized spacial score (nSPS) is 23.3. The van der Waals surface area contributed by atoms with E-state index in [9.17, 15) is 22.4 Å². The van der Waals surface area contributed by atoms with Gasteiger partial charge in [-0.25, -0.2) is 26.9 Å². The predicted molar refractivity (Wildman–Crippen MR) is 139 cm³/mol. The van der Waals surface area contributed by atoms with Gasteiger partial charge in [0.1, 0.15) is 17.4 Å². The number of nitrogens with zero attached hydrogens (tertiary/aromatic N) is 4. The molecule has 0 unspecified atom stereocenters. The minimum atomic E-state index is -3.08. The van der Waals surface area contributed by atoms with Crippen LogP contribution in [0.3, 0.4) is 0 Å². The van der Waals surface area contributed by atoms with Gasteiger partial charge < -0.3 is 26.0 Å². The summed E-state index contributed by atoms with van der Waals surface area (Å²) >= 11 is 0. The summed E-state index contributed by atoms with van der Waals surface area (Å²) in [6.07, 6.45) is -1.48. The van der Waals surface area contributed by atoms with Crippen molar-refractivity contribution in [1.82, 2.24) is 25.0 Å². The molecular formula is C27H28F5N7O2. The van der Waals surface area contributed by atoms with Gasteiger partial charge in [0, 0.05) is 49.4 Å². The van der Waals surface area contributed by atoms with E-state index in [1.807, 2.05) is 0 Å². The van der Waals surface area contributed by atoms with Gasteiger partial charge in [-0.05, 0) is 31.9 Å². The molecule has 2 aromatic heterocycles. The van der Waals surface area contributed by atoms with Gasteiger partial charge in [-0.1, -0.05) is 0 Å². The molecule has 0 spiro atoms. The van der Waals surface area contributed by atoms with Crippen LogP contribution < -0.4 is 21.1 Å². The van der Waals surface area contributed by atoms with Crippen molar-refractivity contribution in [2.24, 2.45) is 7.05 Å². The molecule has 3 aromatic rings. The first-order valence-corrected chi connectivity index (χ1v) is 13.3. The van der Waals surface area contributed by atoms with E-state index in [4.69, 9.17) is 10.5 Å². The maximum atomic E-state index is 16.5. The Labute approximate surface area is 231 Å². The molecule has 0 aliphatic carbocycles. The van der Waals surface area contributed by atoms with Crippen LogP contribution >= 0.6 is 0 Å². The number of hydrogen-bond acceptors (Lipinski definition) is 7. The fourth-order valence-corrected chi connectivity index (χ4v) is 6.18. The number of benzene rings is 1. The molecule has 0 radical (unpaired) electrons. The van der Waals surface area contributed by atoms with Crippen LogP contribution in [0.4, 0.5) is 33.3 Å². The molecule has 2 fully saturated rings. The second-order valence-corrected chi connectivity index (χ2v) is 10.7. The molecule has 41 heavy (non-hydrogen) atoms. The molecule has 6 rings (SSSR count). The molecule has 218 valence electrons. The number of carbonyl (C=O) groups excluding carboxylic acids is 1. The van der Waals surface area contributed by atoms with Crippen LogP contribution in [0.2, 0.25) is 0 Å². The Morgan fingerprint density at radius 2 is 2.00 bits per heavy atom. The molecule has 1 aromatic carbocycles. The van der Waals surface area contributed by atoms with Crippen LogP contribution in [0.5, 0.6) is 5.88 Å². The summed E-state index contributed by atoms with van der Waals surface area (Å²) in [6, 6.07) is 2.22. The molecular weight excluding hydrogens is 549 g/mol. The Hall–Kier alpha value is -3.94. The highest BCUT2D eigenvalue weighted by atomic mass is 19.3. The lowest BCUT2D eigenvalue weighted by molar-refractivity contribution is 0.0334. The van der Waals surface area contributed by atoms with E-state index in [0.717, 1.165) is 18.9 Å². The molecule has 2 saturated heterocycles. The summed E-state index contributed by atoms with van der Waals surface area (Å²) in [7, 11) is 1.70. The number of aromatic nitrogens is 3. The number of carbonyl (C=O) groups is 1. The molecule has 3 aliphatic heterocycles. The molecule has 9 nitrogen and oxygen atoms in total. The third-order valence-electron chi connectivity index (χ3n) is 7.99. The van der Waals surface area contributed by atoms with Gasteiger partial charge in [0.25, 0.3) is 5.91 Å². The quantitative estimate of drug-likeness (QED) is 0.303. The highest BCUT2D eigenvalue weighted by molar-refractivity contribution is 6.03. The number of rotatable bonds is 6. The SMILES string of the molecule is C[C@@H]1Oc2nc(-c3cc(N)c(F)c(F)c3CC(F)F)c(F)c(NCc3ccn(C)n3)c2C(=O)N2C[C@H]3CC[C@H](N3)[C@@H]12. The highest BCUT2D eigenvalue weighted by Crippen LogP contribution is 2.42. The zero-order chi connectivity index (χ0) is 29.2. The van der Waals surface area contributed by atoms with Gasteiger partial charge in [-0.2, -0.15) is 5.10 Å². The Kier molecular flexibility index (Phi) is 6.75. The third-order valence-corrected chi connectivity index (χ3v) is 7.99. The van der Waals surface area contributed by atoms with Crippen molar-refractivity contribution in [3.8, 4) is 17.1 Å². The van der Waals surface area contributed by atoms with Gasteiger partial charge in [-0.3, -0.25) is 9.48 Å². The highest BCUT2D eigenvalue weighted by Gasteiger charge is 2.49. The van der Waals surface area contributed by atoms with E-state index in [0.29, 0.717) is 12.2 Å². The standard InChI is InChI=1S/C27H28F5N7O2/c1-11-25-17-4-3-13(35-17)10-39(25)27(40)19-24(34-9-12-5-6-38(2)37-12)22(32)23(36-26(19)41-11)15-7-16(33)21(31)20(30)14(15)8-18(28)29/h5-7,11,13,17-18,25,35H,3-4,8-10,33H2,1-2H3,(H,34,36)/t11-,13+,17-,25+/m0/s1. The second kappa shape index (κ2) is 10.2. The molecule has 1 amide bonds. The number of nitrogen functional groups attached to an aromatic ring is 1. The van der Waals surface area contributed by atoms with E-state index in [1.54, 1.807) is 35.8 Å². The number of alkyl halides is 2. The van der Waals surface area contributed by atoms with Crippen LogP contribution in [-0.4, -0.2) is 62.8 Å². The first-order valence-electron chi connectivity index (χ1n) is 13.3. The number of fused-ring (bicyclic) bond motifs is 5. The van der Waals surface area contributed by atoms with Crippen molar-refractivity contribution in [2.45, 2.75) is 63.4 Å². The van der Waals surface area contributed by atoms with E-state index in [-0.39, 0.29) is 41.8 Å². The number of pyridine rings is 1. The predicted octanol–water partition coefficient (Wildman–Crippen LogP) is 3.63. The fourth-order valence-electron chi connectivity index (χ4n) is 6.18. The summed E-state index contributed by atoms with van der Waals surface area (Å²) < 4.78 is 80.4. The number of aryl methyl sites for hydroxylation is 1. The number of anilines is 2. The van der Waals surface area contributed by atoms with Gasteiger partial charge in [0.05, 0.1) is 29.7 Å². The van der Waals surface area contributed by atoms with Crippen molar-refractivity contribution in [3.05, 3.63) is 52.6 Å². The first kappa shape index (κ1) is 27.2. The van der Waals surface area contributed by atoms with Crippen LogP contribution in [0, 0.1) is 17.5 Å². The number of amides is 1. The number of nitrogens with two attached hydrogens (primary N) is 1. The molecule has 0 saturated carbocycles. The monoisotopic (exact) mass is 577 g/mol. The fraction of sp³-hybridized carbons (Fsp3) is 0.444. The van der Waals surface area contributed by atoms with Crippen molar-refractivity contribution in [1.29, 1.82) is 0 Å². The lowest BCUT2D eigenvalue weighted by atomic mass is 9.97. The van der Waals surface area contributed by atoms with E-state index >= 15 is 4.39 Å². The summed E-state index contributed by atoms with van der Waals surface area (Å²) in [5.74, 6) is -5.02. The number of halogens is 5. The Bertz CT molecular complexity index is 1530. The zero-order valence-corrected chi connectivity index (χ0v) is 22.2. The van der Waals surface area contributed by atoms with Crippen molar-refractivity contribution in [2.75, 3.05) is 17.6 Å². The van der Waals surface area contributed by atoms with Crippen LogP contribution in [0.1, 0.15) is 41.4 Å². The average molecular weight is 578 g/mol. The minimum Gasteiger partial charge on any atom is -0.472 e. The number of hydrogen-bond donors (Lipinski definition) is 3. The number of nitrogens with one attached hydrogen (secondary N) is 2. The number of ether oxygens (including phenoxy) is 1. The lowest BCUT2D eigenvalue weighted by Gasteiger charge is -2.41. The van der Waals surface area contributed by atoms with Crippen LogP contribution in [0.25, 0.3) is 11.3 Å². The van der Waals surface area contributed by atoms with Crippen molar-refractivity contribution >= 4 is 17.3 Å². The van der Waals surface area contributed by atoms with Gasteiger partial charge >= 0.3 is 0 Å². The summed E-state index contributed by atoms with van der Waals surface area (Å²) in [4.78, 5) is 20.0. The molecule has 2 bridgehead atoms. The van der Waals surface area contributed by atoms with Crippen molar-refractivity contribution in [3.63, 3.8) is 0 Å². The van der Waals surface area contributed by atoms with Gasteiger partial charge in [0.2, 0.25) is 12.3 Å². The molecule has 5 heterocycles. The summed E-state index contributed by atoms with van der Waals surface area (Å²) in [6.45, 7) is 2.13. The maximum absolute atomic E-state index is 16.5. The Morgan fingerprint density at radius 3 is 2.71 bits per heavy atom. The smallest absolute Gasteiger partial charge is 0.262 e. The van der Waals surface area contributed by atoms with Gasteiger partial charge in [0.15, 0.2) is 17.5 Å². The maximum Gasteiger partial charge on any atom is 0.262 e. The molecule has 3 aliphatic rings. The molecule has 4 atom stereocenters. The Morgan fingerprint density at radius 1 is 1.22 bits per heavy atom. The summed E-state index contributed by atoms with van der Waals surface area (Å²) in [5, 5.41) is 10.7. The van der Waals surface area contributed by atoms with Gasteiger partial charge in [-0.15, -0.1) is 0 Å². The van der Waals surface area contributed by atoms with E-state index in [1.165, 1.54) is 0 Å². The topological polar surface area (TPSA) is 110 Å². The van der Waals surface area contributed by atoms with E-state index in [2.05, 4.69) is 20.7 Å². The lowest BCUT2D eigenvalue weighted by Crippen LogP contribution is -2.63. The Balaban J connectivity index is 1.55. The zero-order valence-electron chi connectivity index (χ0n) is 22.2. The average Bonchev–Trinajstić information content (AvgIpc) is 3.49. The summed E-state index contributed by atoms with van der Waals surface area (Å²) in [5.41, 5.74) is 3.08. The van der Waals surface area contributed by atoms with Crippen LogP contribution in [0.15, 0.2) is 18.3 Å². The minimum absolute atomic E-state index is 0.0173. The first-order chi connectivity index (χ1) is 19.5. The van der Waals surface area contributed by atoms with Crippen LogP contribution in [-0.2, 0) is 20.0 Å². The molecule has 4 N–H and O–H groups in total. The third kappa shape index (κ3) is 4.63. The number of piperazine rings is 1. The second-order valence-electron chi connectivity index (χ2n) is 10.7.